The Hall–Kier alpha value is -3.37. The third-order valence-electron chi connectivity index (χ3n) is 8.05. The summed E-state index contributed by atoms with van der Waals surface area (Å²) < 4.78 is 11.2. The van der Waals surface area contributed by atoms with Crippen molar-refractivity contribution in [3.8, 4) is 35.3 Å². The SMILES string of the molecule is C#Cc1ccc2c(c1)C1(CCN(C(=O)OC(C)(C)C)CC1)c1cc(C#CC3OC(CO)C(O)C(O)C3O)ccc1-2. The van der Waals surface area contributed by atoms with E-state index in [-0.39, 0.29) is 11.5 Å². The normalized spacial score (nSPS) is 26.8. The highest BCUT2D eigenvalue weighted by atomic mass is 16.6. The van der Waals surface area contributed by atoms with Gasteiger partial charge < -0.3 is 34.8 Å². The Morgan fingerprint density at radius 2 is 1.62 bits per heavy atom. The molecular weight excluding hydrogens is 510 g/mol. The monoisotopic (exact) mass is 545 g/mol. The van der Waals surface area contributed by atoms with Crippen LogP contribution in [0.5, 0.6) is 0 Å². The van der Waals surface area contributed by atoms with Gasteiger partial charge in [0.15, 0.2) is 0 Å². The molecule has 40 heavy (non-hydrogen) atoms. The van der Waals surface area contributed by atoms with Crippen molar-refractivity contribution in [1.29, 1.82) is 0 Å². The molecule has 5 atom stereocenters. The molecule has 3 aliphatic rings. The minimum Gasteiger partial charge on any atom is -0.444 e. The van der Waals surface area contributed by atoms with E-state index in [1.807, 2.05) is 45.0 Å². The summed E-state index contributed by atoms with van der Waals surface area (Å²) in [6.45, 7) is 6.10. The number of amides is 1. The number of hydrogen-bond donors (Lipinski definition) is 4. The Kier molecular flexibility index (Phi) is 7.43. The van der Waals surface area contributed by atoms with Crippen molar-refractivity contribution in [3.05, 3.63) is 58.7 Å². The van der Waals surface area contributed by atoms with Gasteiger partial charge in [-0.25, -0.2) is 4.79 Å². The molecule has 5 unspecified atom stereocenters. The van der Waals surface area contributed by atoms with E-state index in [1.165, 1.54) is 0 Å². The zero-order valence-corrected chi connectivity index (χ0v) is 22.9. The predicted molar refractivity (Wildman–Crippen MR) is 148 cm³/mol. The lowest BCUT2D eigenvalue weighted by atomic mass is 9.70. The number of piperidine rings is 1. The lowest BCUT2D eigenvalue weighted by Gasteiger charge is -2.41. The Morgan fingerprint density at radius 1 is 1.02 bits per heavy atom. The van der Waals surface area contributed by atoms with Gasteiger partial charge in [-0.1, -0.05) is 29.9 Å². The minimum absolute atomic E-state index is 0.322. The first kappa shape index (κ1) is 28.2. The fourth-order valence-corrected chi connectivity index (χ4v) is 5.97. The van der Waals surface area contributed by atoms with Gasteiger partial charge in [0.05, 0.1) is 6.61 Å². The van der Waals surface area contributed by atoms with E-state index in [0.717, 1.165) is 27.8 Å². The maximum Gasteiger partial charge on any atom is 0.410 e. The quantitative estimate of drug-likeness (QED) is 0.406. The van der Waals surface area contributed by atoms with E-state index in [2.05, 4.69) is 29.9 Å². The summed E-state index contributed by atoms with van der Waals surface area (Å²) in [6.07, 6.45) is 0.364. The molecule has 8 heteroatoms. The van der Waals surface area contributed by atoms with Crippen molar-refractivity contribution in [1.82, 2.24) is 4.90 Å². The van der Waals surface area contributed by atoms with Crippen molar-refractivity contribution < 1.29 is 34.7 Å². The zero-order valence-electron chi connectivity index (χ0n) is 22.9. The summed E-state index contributed by atoms with van der Waals surface area (Å²) in [5.41, 5.74) is 4.97. The topological polar surface area (TPSA) is 120 Å². The maximum atomic E-state index is 12.8. The number of aliphatic hydroxyl groups is 4. The molecular formula is C32H35NO7. The van der Waals surface area contributed by atoms with Crippen LogP contribution in [0, 0.1) is 24.2 Å². The summed E-state index contributed by atoms with van der Waals surface area (Å²) in [5, 5.41) is 40.0. The summed E-state index contributed by atoms with van der Waals surface area (Å²) in [5.74, 6) is 8.67. The molecule has 0 saturated carbocycles. The van der Waals surface area contributed by atoms with E-state index in [9.17, 15) is 25.2 Å². The first-order valence-electron chi connectivity index (χ1n) is 13.5. The molecule has 8 nitrogen and oxygen atoms in total. The van der Waals surface area contributed by atoms with Crippen LogP contribution in [-0.2, 0) is 14.9 Å². The average Bonchev–Trinajstić information content (AvgIpc) is 3.18. The summed E-state index contributed by atoms with van der Waals surface area (Å²) >= 11 is 0. The van der Waals surface area contributed by atoms with Crippen molar-refractivity contribution >= 4 is 6.09 Å². The van der Waals surface area contributed by atoms with Gasteiger partial charge in [0.2, 0.25) is 0 Å². The van der Waals surface area contributed by atoms with Gasteiger partial charge in [0.25, 0.3) is 0 Å². The molecule has 0 aromatic heterocycles. The molecule has 2 aliphatic heterocycles. The second-order valence-electron chi connectivity index (χ2n) is 11.7. The number of carbonyl (C=O) groups is 1. The highest BCUT2D eigenvalue weighted by Crippen LogP contribution is 2.54. The maximum absolute atomic E-state index is 12.8. The Morgan fingerprint density at radius 3 is 2.20 bits per heavy atom. The molecule has 1 aliphatic carbocycles. The first-order chi connectivity index (χ1) is 19.0. The number of carbonyl (C=O) groups excluding carboxylic acids is 1. The molecule has 2 aromatic carbocycles. The zero-order chi connectivity index (χ0) is 28.8. The van der Waals surface area contributed by atoms with Gasteiger partial charge in [0, 0.05) is 29.6 Å². The Bertz CT molecular complexity index is 1400. The third kappa shape index (κ3) is 4.99. The summed E-state index contributed by atoms with van der Waals surface area (Å²) in [4.78, 5) is 14.5. The highest BCUT2D eigenvalue weighted by molar-refractivity contribution is 5.83. The average molecular weight is 546 g/mol. The standard InChI is InChI=1S/C32H35NO7/c1-5-19-6-9-21-22-10-7-20(8-11-25-27(35)29(37)28(36)26(18-34)39-25)17-24(22)32(23(21)16-19)12-14-33(15-13-32)30(38)40-31(2,3)4/h1,6-7,9-10,16-17,25-29,34-37H,12-15,18H2,2-4H3. The molecule has 1 spiro atoms. The molecule has 4 N–H and O–H groups in total. The van der Waals surface area contributed by atoms with Gasteiger partial charge in [-0.05, 0) is 80.1 Å². The molecule has 0 bridgehead atoms. The van der Waals surface area contributed by atoms with Crippen molar-refractivity contribution in [2.24, 2.45) is 0 Å². The van der Waals surface area contributed by atoms with Gasteiger partial charge in [-0.3, -0.25) is 0 Å². The number of hydrogen-bond acceptors (Lipinski definition) is 7. The van der Waals surface area contributed by atoms with E-state index in [1.54, 1.807) is 4.90 Å². The number of likely N-dealkylation sites (tertiary alicyclic amines) is 1. The smallest absolute Gasteiger partial charge is 0.410 e. The molecule has 2 saturated heterocycles. The van der Waals surface area contributed by atoms with Crippen LogP contribution in [0.3, 0.4) is 0 Å². The van der Waals surface area contributed by atoms with Crippen molar-refractivity contribution in [3.63, 3.8) is 0 Å². The number of rotatable bonds is 1. The molecule has 2 fully saturated rings. The van der Waals surface area contributed by atoms with E-state index in [4.69, 9.17) is 15.9 Å². The number of aliphatic hydroxyl groups excluding tert-OH is 4. The number of benzene rings is 2. The van der Waals surface area contributed by atoms with Gasteiger partial charge in [-0.15, -0.1) is 6.42 Å². The van der Waals surface area contributed by atoms with Crippen LogP contribution in [0.25, 0.3) is 11.1 Å². The summed E-state index contributed by atoms with van der Waals surface area (Å²) in [7, 11) is 0. The van der Waals surface area contributed by atoms with Crippen LogP contribution >= 0.6 is 0 Å². The van der Waals surface area contributed by atoms with Crippen LogP contribution < -0.4 is 0 Å². The first-order valence-corrected chi connectivity index (χ1v) is 13.5. The number of terminal acetylenes is 1. The number of nitrogens with zero attached hydrogens (tertiary/aromatic N) is 1. The molecule has 210 valence electrons. The van der Waals surface area contributed by atoms with E-state index >= 15 is 0 Å². The van der Waals surface area contributed by atoms with E-state index in [0.29, 0.717) is 31.5 Å². The van der Waals surface area contributed by atoms with E-state index < -0.39 is 42.7 Å². The van der Waals surface area contributed by atoms with Crippen molar-refractivity contribution in [2.45, 2.75) is 75.1 Å². The largest absolute Gasteiger partial charge is 0.444 e. The molecule has 5 rings (SSSR count). The third-order valence-corrected chi connectivity index (χ3v) is 8.05. The fraction of sp³-hybridized carbons (Fsp3) is 0.469. The molecule has 2 heterocycles. The lowest BCUT2D eigenvalue weighted by molar-refractivity contribution is -0.214. The van der Waals surface area contributed by atoms with Gasteiger partial charge >= 0.3 is 6.09 Å². The number of ether oxygens (including phenoxy) is 2. The number of fused-ring (bicyclic) bond motifs is 5. The molecule has 1 amide bonds. The molecule has 2 aromatic rings. The Labute approximate surface area is 234 Å². The molecule has 0 radical (unpaired) electrons. The van der Waals surface area contributed by atoms with Crippen LogP contribution in [0.1, 0.15) is 55.9 Å². The summed E-state index contributed by atoms with van der Waals surface area (Å²) in [6, 6.07) is 12.0. The van der Waals surface area contributed by atoms with Crippen LogP contribution in [-0.4, -0.2) is 87.2 Å². The second-order valence-corrected chi connectivity index (χ2v) is 11.7. The lowest BCUT2D eigenvalue weighted by Crippen LogP contribution is -2.58. The minimum atomic E-state index is -1.48. The van der Waals surface area contributed by atoms with Gasteiger partial charge in [0.1, 0.15) is 36.1 Å². The van der Waals surface area contributed by atoms with Crippen molar-refractivity contribution in [2.75, 3.05) is 19.7 Å². The van der Waals surface area contributed by atoms with Gasteiger partial charge in [-0.2, -0.15) is 0 Å². The van der Waals surface area contributed by atoms with Crippen LogP contribution in [0.2, 0.25) is 0 Å². The van der Waals surface area contributed by atoms with Crippen LogP contribution in [0.15, 0.2) is 36.4 Å². The van der Waals surface area contributed by atoms with Crippen LogP contribution in [0.4, 0.5) is 4.79 Å². The Balaban J connectivity index is 1.48. The predicted octanol–water partition coefficient (Wildman–Crippen LogP) is 2.16. The highest BCUT2D eigenvalue weighted by Gasteiger charge is 2.46. The fourth-order valence-electron chi connectivity index (χ4n) is 5.97. The second kappa shape index (κ2) is 10.6.